The van der Waals surface area contributed by atoms with Crippen LogP contribution in [0.2, 0.25) is 0 Å². The number of aromatic carboxylic acids is 1. The number of carbonyl (C=O) groups is 1. The highest BCUT2D eigenvalue weighted by molar-refractivity contribution is 5.89. The van der Waals surface area contributed by atoms with E-state index in [-0.39, 0.29) is 0 Å². The molecule has 0 aliphatic heterocycles. The molecule has 0 saturated heterocycles. The third-order valence-corrected chi connectivity index (χ3v) is 2.46. The predicted molar refractivity (Wildman–Crippen MR) is 61.4 cm³/mol. The minimum absolute atomic E-state index is 0.296. The van der Waals surface area contributed by atoms with Gasteiger partial charge in [0, 0.05) is 18.0 Å². The molecule has 0 aliphatic carbocycles. The average Bonchev–Trinajstić information content (AvgIpc) is 2.30. The summed E-state index contributed by atoms with van der Waals surface area (Å²) in [6.07, 6.45) is 3.42. The smallest absolute Gasteiger partial charge is 0.335 e. The zero-order valence-electron chi connectivity index (χ0n) is 8.84. The van der Waals surface area contributed by atoms with E-state index in [2.05, 4.69) is 4.98 Å². The quantitative estimate of drug-likeness (QED) is 0.834. The number of rotatable bonds is 2. The Balaban J connectivity index is 2.56. The molecule has 16 heavy (non-hydrogen) atoms. The monoisotopic (exact) mass is 213 g/mol. The molecular weight excluding hydrogens is 202 g/mol. The topological polar surface area (TPSA) is 50.2 Å². The highest BCUT2D eigenvalue weighted by Crippen LogP contribution is 2.23. The van der Waals surface area contributed by atoms with Gasteiger partial charge in [-0.15, -0.1) is 0 Å². The number of benzene rings is 1. The van der Waals surface area contributed by atoms with E-state index in [1.165, 1.54) is 0 Å². The van der Waals surface area contributed by atoms with Crippen LogP contribution in [0.25, 0.3) is 11.1 Å². The number of hydrogen-bond acceptors (Lipinski definition) is 2. The van der Waals surface area contributed by atoms with Crippen molar-refractivity contribution in [3.63, 3.8) is 0 Å². The maximum absolute atomic E-state index is 10.9. The second-order valence-corrected chi connectivity index (χ2v) is 3.58. The highest BCUT2D eigenvalue weighted by Gasteiger charge is 2.07. The summed E-state index contributed by atoms with van der Waals surface area (Å²) >= 11 is 0. The van der Waals surface area contributed by atoms with Crippen LogP contribution in [0.1, 0.15) is 15.9 Å². The molecule has 1 aromatic carbocycles. The first-order valence-corrected chi connectivity index (χ1v) is 4.93. The van der Waals surface area contributed by atoms with Crippen molar-refractivity contribution in [3.8, 4) is 11.1 Å². The van der Waals surface area contributed by atoms with Gasteiger partial charge in [0.15, 0.2) is 0 Å². The number of carboxylic acids is 1. The van der Waals surface area contributed by atoms with Crippen molar-refractivity contribution in [1.29, 1.82) is 0 Å². The second-order valence-electron chi connectivity index (χ2n) is 3.58. The van der Waals surface area contributed by atoms with Gasteiger partial charge in [-0.3, -0.25) is 4.98 Å². The summed E-state index contributed by atoms with van der Waals surface area (Å²) < 4.78 is 0. The van der Waals surface area contributed by atoms with Crippen LogP contribution < -0.4 is 0 Å². The first-order chi connectivity index (χ1) is 7.68. The van der Waals surface area contributed by atoms with Gasteiger partial charge >= 0.3 is 5.97 Å². The van der Waals surface area contributed by atoms with Gasteiger partial charge < -0.3 is 5.11 Å². The van der Waals surface area contributed by atoms with Crippen molar-refractivity contribution in [2.75, 3.05) is 0 Å². The van der Waals surface area contributed by atoms with Crippen LogP contribution in [0, 0.1) is 6.92 Å². The molecule has 2 rings (SSSR count). The third kappa shape index (κ3) is 1.93. The molecule has 1 N–H and O–H groups in total. The molecule has 0 bridgehead atoms. The molecule has 3 heteroatoms. The van der Waals surface area contributed by atoms with Crippen LogP contribution in [0.4, 0.5) is 0 Å². The number of hydrogen-bond donors (Lipinski definition) is 1. The second kappa shape index (κ2) is 4.14. The number of aryl methyl sites for hydroxylation is 1. The van der Waals surface area contributed by atoms with E-state index in [4.69, 9.17) is 5.11 Å². The van der Waals surface area contributed by atoms with Crippen LogP contribution in [0.3, 0.4) is 0 Å². The lowest BCUT2D eigenvalue weighted by Gasteiger charge is -2.06. The summed E-state index contributed by atoms with van der Waals surface area (Å²) in [5.74, 6) is -0.912. The molecule has 0 unspecified atom stereocenters. The Hall–Kier alpha value is -2.16. The number of pyridine rings is 1. The van der Waals surface area contributed by atoms with Crippen LogP contribution in [-0.4, -0.2) is 16.1 Å². The summed E-state index contributed by atoms with van der Waals surface area (Å²) in [6, 6.07) is 8.85. The third-order valence-electron chi connectivity index (χ3n) is 2.46. The molecule has 0 radical (unpaired) electrons. The Morgan fingerprint density at radius 1 is 1.31 bits per heavy atom. The SMILES string of the molecule is Cc1ccc(C(=O)O)cc1-c1cccnc1. The van der Waals surface area contributed by atoms with Gasteiger partial charge in [-0.1, -0.05) is 12.1 Å². The lowest BCUT2D eigenvalue weighted by Crippen LogP contribution is -1.97. The Labute approximate surface area is 93.4 Å². The molecule has 0 saturated carbocycles. The molecule has 3 nitrogen and oxygen atoms in total. The fourth-order valence-electron chi connectivity index (χ4n) is 1.59. The minimum Gasteiger partial charge on any atom is -0.478 e. The predicted octanol–water partition coefficient (Wildman–Crippen LogP) is 2.76. The van der Waals surface area contributed by atoms with Crippen molar-refractivity contribution < 1.29 is 9.90 Å². The van der Waals surface area contributed by atoms with E-state index in [1.807, 2.05) is 25.1 Å². The molecular formula is C13H11NO2. The van der Waals surface area contributed by atoms with E-state index in [0.29, 0.717) is 5.56 Å². The van der Waals surface area contributed by atoms with E-state index in [0.717, 1.165) is 16.7 Å². The van der Waals surface area contributed by atoms with E-state index < -0.39 is 5.97 Å². The lowest BCUT2D eigenvalue weighted by molar-refractivity contribution is 0.0697. The maximum atomic E-state index is 10.9. The summed E-state index contributed by atoms with van der Waals surface area (Å²) in [5.41, 5.74) is 3.18. The molecule has 1 aromatic heterocycles. The summed E-state index contributed by atoms with van der Waals surface area (Å²) in [6.45, 7) is 1.95. The fourth-order valence-corrected chi connectivity index (χ4v) is 1.59. The lowest BCUT2D eigenvalue weighted by atomic mass is 9.99. The van der Waals surface area contributed by atoms with Crippen molar-refractivity contribution >= 4 is 5.97 Å². The van der Waals surface area contributed by atoms with Gasteiger partial charge in [-0.2, -0.15) is 0 Å². The normalized spacial score (nSPS) is 10.1. The fraction of sp³-hybridized carbons (Fsp3) is 0.0769. The molecule has 0 fully saturated rings. The van der Waals surface area contributed by atoms with Gasteiger partial charge in [0.05, 0.1) is 5.56 Å². The van der Waals surface area contributed by atoms with Crippen LogP contribution >= 0.6 is 0 Å². The Morgan fingerprint density at radius 3 is 2.75 bits per heavy atom. The maximum Gasteiger partial charge on any atom is 0.335 e. The number of carboxylic acid groups (broad SMARTS) is 1. The molecule has 80 valence electrons. The molecule has 0 aliphatic rings. The first kappa shape index (κ1) is 10.4. The van der Waals surface area contributed by atoms with Crippen molar-refractivity contribution in [2.24, 2.45) is 0 Å². The summed E-state index contributed by atoms with van der Waals surface area (Å²) in [7, 11) is 0. The molecule has 0 atom stereocenters. The zero-order chi connectivity index (χ0) is 11.5. The van der Waals surface area contributed by atoms with Crippen molar-refractivity contribution in [2.45, 2.75) is 6.92 Å². The van der Waals surface area contributed by atoms with Gasteiger partial charge in [-0.05, 0) is 36.2 Å². The largest absolute Gasteiger partial charge is 0.478 e. The minimum atomic E-state index is -0.912. The Kier molecular flexibility index (Phi) is 2.68. The number of nitrogens with zero attached hydrogens (tertiary/aromatic N) is 1. The van der Waals surface area contributed by atoms with Crippen LogP contribution in [0.15, 0.2) is 42.7 Å². The molecule has 0 spiro atoms. The average molecular weight is 213 g/mol. The van der Waals surface area contributed by atoms with Crippen molar-refractivity contribution in [1.82, 2.24) is 4.98 Å². The van der Waals surface area contributed by atoms with Gasteiger partial charge in [0.25, 0.3) is 0 Å². The highest BCUT2D eigenvalue weighted by atomic mass is 16.4. The van der Waals surface area contributed by atoms with Gasteiger partial charge in [-0.25, -0.2) is 4.79 Å². The van der Waals surface area contributed by atoms with Gasteiger partial charge in [0.2, 0.25) is 0 Å². The number of aromatic nitrogens is 1. The van der Waals surface area contributed by atoms with E-state index >= 15 is 0 Å². The van der Waals surface area contributed by atoms with Crippen LogP contribution in [0.5, 0.6) is 0 Å². The standard InChI is InChI=1S/C13H11NO2/c1-9-4-5-10(13(15)16)7-12(9)11-3-2-6-14-8-11/h2-8H,1H3,(H,15,16). The Morgan fingerprint density at radius 2 is 2.12 bits per heavy atom. The Bertz CT molecular complexity index is 521. The first-order valence-electron chi connectivity index (χ1n) is 4.93. The van der Waals surface area contributed by atoms with Crippen LogP contribution in [-0.2, 0) is 0 Å². The zero-order valence-corrected chi connectivity index (χ0v) is 8.84. The van der Waals surface area contributed by atoms with E-state index in [1.54, 1.807) is 24.5 Å². The molecule has 2 aromatic rings. The van der Waals surface area contributed by atoms with Crippen molar-refractivity contribution in [3.05, 3.63) is 53.9 Å². The summed E-state index contributed by atoms with van der Waals surface area (Å²) in [5, 5.41) is 8.93. The van der Waals surface area contributed by atoms with Gasteiger partial charge in [0.1, 0.15) is 0 Å². The van der Waals surface area contributed by atoms with E-state index in [9.17, 15) is 4.79 Å². The molecule has 0 amide bonds. The summed E-state index contributed by atoms with van der Waals surface area (Å²) in [4.78, 5) is 14.9. The molecule has 1 heterocycles.